The first-order valence-electron chi connectivity index (χ1n) is 4.76. The number of hydrogen-bond acceptors (Lipinski definition) is 5. The molecule has 1 heterocycles. The monoisotopic (exact) mass is 248 g/mol. The summed E-state index contributed by atoms with van der Waals surface area (Å²) in [4.78, 5) is 10.6. The fourth-order valence-corrected chi connectivity index (χ4v) is 2.57. The van der Waals surface area contributed by atoms with Crippen LogP contribution in [0.3, 0.4) is 0 Å². The van der Waals surface area contributed by atoms with Crippen molar-refractivity contribution in [2.45, 2.75) is 13.8 Å². The molecule has 0 bridgehead atoms. The van der Waals surface area contributed by atoms with E-state index in [2.05, 4.69) is 0 Å². The SMILES string of the molecule is CCOP(=O)(OCC)c1ccc(C(=O)O)o1. The molecular weight excluding hydrogens is 235 g/mol. The number of carboxylic acid groups (broad SMARTS) is 1. The zero-order chi connectivity index (χ0) is 12.2. The molecule has 0 saturated heterocycles. The van der Waals surface area contributed by atoms with Gasteiger partial charge in [-0.05, 0) is 26.0 Å². The van der Waals surface area contributed by atoms with Crippen LogP contribution in [0.25, 0.3) is 0 Å². The Morgan fingerprint density at radius 2 is 1.94 bits per heavy atom. The first-order valence-corrected chi connectivity index (χ1v) is 6.30. The molecule has 0 spiro atoms. The maximum Gasteiger partial charge on any atom is 0.396 e. The van der Waals surface area contributed by atoms with Gasteiger partial charge in [-0.1, -0.05) is 0 Å². The zero-order valence-electron chi connectivity index (χ0n) is 9.00. The quantitative estimate of drug-likeness (QED) is 0.773. The molecule has 0 radical (unpaired) electrons. The van der Waals surface area contributed by atoms with E-state index < -0.39 is 13.6 Å². The number of carboxylic acids is 1. The summed E-state index contributed by atoms with van der Waals surface area (Å²) in [5.41, 5.74) is -0.0893. The lowest BCUT2D eigenvalue weighted by Gasteiger charge is -2.13. The fourth-order valence-electron chi connectivity index (χ4n) is 1.09. The number of furan rings is 1. The molecule has 16 heavy (non-hydrogen) atoms. The Morgan fingerprint density at radius 3 is 2.31 bits per heavy atom. The summed E-state index contributed by atoms with van der Waals surface area (Å²) >= 11 is 0. The van der Waals surface area contributed by atoms with E-state index >= 15 is 0 Å². The largest absolute Gasteiger partial charge is 0.475 e. The molecular formula is C9H13O6P. The Bertz CT molecular complexity index is 400. The van der Waals surface area contributed by atoms with E-state index in [0.29, 0.717) is 0 Å². The standard InChI is InChI=1S/C9H13O6P/c1-3-13-16(12,14-4-2)8-6-5-7(15-8)9(10)11/h5-6H,3-4H2,1-2H3,(H,10,11). The van der Waals surface area contributed by atoms with Gasteiger partial charge in [-0.3, -0.25) is 4.57 Å². The van der Waals surface area contributed by atoms with E-state index in [4.69, 9.17) is 18.6 Å². The second kappa shape index (κ2) is 5.30. The van der Waals surface area contributed by atoms with Crippen molar-refractivity contribution >= 4 is 19.1 Å². The average molecular weight is 248 g/mol. The van der Waals surface area contributed by atoms with Crippen molar-refractivity contribution in [2.75, 3.05) is 13.2 Å². The molecule has 0 unspecified atom stereocenters. The molecule has 1 N–H and O–H groups in total. The van der Waals surface area contributed by atoms with Crippen molar-refractivity contribution in [3.63, 3.8) is 0 Å². The maximum atomic E-state index is 12.1. The van der Waals surface area contributed by atoms with Crippen LogP contribution in [0.1, 0.15) is 24.4 Å². The van der Waals surface area contributed by atoms with Crippen LogP contribution in [0.15, 0.2) is 16.5 Å². The van der Waals surface area contributed by atoms with Crippen LogP contribution in [-0.4, -0.2) is 24.3 Å². The van der Waals surface area contributed by atoms with Crippen LogP contribution >= 0.6 is 7.60 Å². The average Bonchev–Trinajstić information content (AvgIpc) is 2.67. The van der Waals surface area contributed by atoms with Crippen LogP contribution in [-0.2, 0) is 13.6 Å². The molecule has 0 fully saturated rings. The van der Waals surface area contributed by atoms with Crippen LogP contribution in [0.5, 0.6) is 0 Å². The van der Waals surface area contributed by atoms with Gasteiger partial charge >= 0.3 is 13.6 Å². The molecule has 0 aromatic carbocycles. The van der Waals surface area contributed by atoms with Gasteiger partial charge in [-0.2, -0.15) is 0 Å². The summed E-state index contributed by atoms with van der Waals surface area (Å²) in [6.45, 7) is 3.68. The van der Waals surface area contributed by atoms with Gasteiger partial charge in [0, 0.05) is 0 Å². The van der Waals surface area contributed by atoms with Crippen LogP contribution in [0, 0.1) is 0 Å². The molecule has 0 saturated carbocycles. The minimum Gasteiger partial charge on any atom is -0.475 e. The van der Waals surface area contributed by atoms with Crippen molar-refractivity contribution in [3.8, 4) is 0 Å². The van der Waals surface area contributed by atoms with Crippen molar-refractivity contribution < 1.29 is 27.9 Å². The number of hydrogen-bond donors (Lipinski definition) is 1. The Balaban J connectivity index is 3.01. The van der Waals surface area contributed by atoms with E-state index in [1.54, 1.807) is 13.8 Å². The maximum absolute atomic E-state index is 12.1. The highest BCUT2D eigenvalue weighted by atomic mass is 31.2. The normalized spacial score (nSPS) is 11.6. The van der Waals surface area contributed by atoms with Crippen LogP contribution in [0.4, 0.5) is 0 Å². The van der Waals surface area contributed by atoms with Gasteiger partial charge in [0.15, 0.2) is 0 Å². The highest BCUT2D eigenvalue weighted by molar-refractivity contribution is 7.61. The zero-order valence-corrected chi connectivity index (χ0v) is 9.90. The molecule has 7 heteroatoms. The second-order valence-corrected chi connectivity index (χ2v) is 4.73. The number of carbonyl (C=O) groups is 1. The molecule has 1 aromatic heterocycles. The Kier molecular flexibility index (Phi) is 4.29. The van der Waals surface area contributed by atoms with Gasteiger partial charge in [0.25, 0.3) is 0 Å². The van der Waals surface area contributed by atoms with E-state index in [-0.39, 0.29) is 24.5 Å². The lowest BCUT2D eigenvalue weighted by molar-refractivity contribution is 0.0664. The lowest BCUT2D eigenvalue weighted by atomic mass is 10.5. The lowest BCUT2D eigenvalue weighted by Crippen LogP contribution is -2.08. The van der Waals surface area contributed by atoms with Crippen molar-refractivity contribution in [1.82, 2.24) is 0 Å². The van der Waals surface area contributed by atoms with Crippen molar-refractivity contribution in [2.24, 2.45) is 0 Å². The van der Waals surface area contributed by atoms with Gasteiger partial charge in [-0.15, -0.1) is 0 Å². The van der Waals surface area contributed by atoms with E-state index in [9.17, 15) is 9.36 Å². The summed E-state index contributed by atoms with van der Waals surface area (Å²) in [6.07, 6.45) is 0. The fraction of sp³-hybridized carbons (Fsp3) is 0.444. The summed E-state index contributed by atoms with van der Waals surface area (Å²) in [5, 5.41) is 8.66. The highest BCUT2D eigenvalue weighted by Crippen LogP contribution is 2.47. The minimum absolute atomic E-state index is 0.0893. The Labute approximate surface area is 92.7 Å². The summed E-state index contributed by atoms with van der Waals surface area (Å²) in [6, 6.07) is 2.50. The molecule has 0 atom stereocenters. The van der Waals surface area contributed by atoms with Gasteiger partial charge in [0.2, 0.25) is 11.3 Å². The van der Waals surface area contributed by atoms with E-state index in [0.717, 1.165) is 0 Å². The summed E-state index contributed by atoms with van der Waals surface area (Å²) < 4.78 is 27.0. The van der Waals surface area contributed by atoms with E-state index in [1.807, 2.05) is 0 Å². The van der Waals surface area contributed by atoms with Crippen molar-refractivity contribution in [1.29, 1.82) is 0 Å². The highest BCUT2D eigenvalue weighted by Gasteiger charge is 2.31. The smallest absolute Gasteiger partial charge is 0.396 e. The molecule has 1 rings (SSSR count). The van der Waals surface area contributed by atoms with Crippen molar-refractivity contribution in [3.05, 3.63) is 17.9 Å². The molecule has 0 aliphatic carbocycles. The second-order valence-electron chi connectivity index (χ2n) is 2.78. The summed E-state index contributed by atoms with van der Waals surface area (Å²) in [7, 11) is -3.52. The molecule has 0 aliphatic rings. The minimum atomic E-state index is -3.52. The number of aromatic carboxylic acids is 1. The Hall–Kier alpha value is -1.10. The Morgan fingerprint density at radius 1 is 1.38 bits per heavy atom. The topological polar surface area (TPSA) is 86.0 Å². The molecule has 0 amide bonds. The predicted molar refractivity (Wildman–Crippen MR) is 56.2 cm³/mol. The van der Waals surface area contributed by atoms with Gasteiger partial charge < -0.3 is 18.6 Å². The molecule has 90 valence electrons. The van der Waals surface area contributed by atoms with Gasteiger partial charge in [0.1, 0.15) is 0 Å². The third-order valence-corrected chi connectivity index (χ3v) is 3.65. The number of rotatable bonds is 6. The predicted octanol–water partition coefficient (Wildman–Crippen LogP) is 1.87. The first kappa shape index (κ1) is 13.0. The van der Waals surface area contributed by atoms with Crippen LogP contribution in [0.2, 0.25) is 0 Å². The van der Waals surface area contributed by atoms with Crippen LogP contribution < -0.4 is 5.50 Å². The molecule has 6 nitrogen and oxygen atoms in total. The third-order valence-electron chi connectivity index (χ3n) is 1.67. The first-order chi connectivity index (χ1) is 7.53. The molecule has 1 aromatic rings. The molecule has 0 aliphatic heterocycles. The van der Waals surface area contributed by atoms with Gasteiger partial charge in [0.05, 0.1) is 13.2 Å². The third kappa shape index (κ3) is 2.72. The van der Waals surface area contributed by atoms with Gasteiger partial charge in [-0.25, -0.2) is 4.79 Å². The summed E-state index contributed by atoms with van der Waals surface area (Å²) in [5.74, 6) is -1.53. The van der Waals surface area contributed by atoms with E-state index in [1.165, 1.54) is 12.1 Å².